The number of methoxy groups -OCH3 is 1. The number of ether oxygens (including phenoxy) is 1. The van der Waals surface area contributed by atoms with Crippen LogP contribution in [0.2, 0.25) is 15.1 Å². The highest BCUT2D eigenvalue weighted by atomic mass is 35.5. The highest BCUT2D eigenvalue weighted by Gasteiger charge is 2.16. The highest BCUT2D eigenvalue weighted by Crippen LogP contribution is 2.37. The zero-order valence-electron chi connectivity index (χ0n) is 10.3. The number of nitrogens with zero attached hydrogens (tertiary/aromatic N) is 1. The Morgan fingerprint density at radius 1 is 1.20 bits per heavy atom. The van der Waals surface area contributed by atoms with Crippen LogP contribution < -0.4 is 5.73 Å². The third-order valence-corrected chi connectivity index (χ3v) is 3.43. The number of aromatic nitrogens is 1. The highest BCUT2D eigenvalue weighted by molar-refractivity contribution is 6.41. The van der Waals surface area contributed by atoms with Gasteiger partial charge in [-0.2, -0.15) is 0 Å². The van der Waals surface area contributed by atoms with Gasteiger partial charge >= 0.3 is 5.97 Å². The molecule has 0 fully saturated rings. The van der Waals surface area contributed by atoms with Gasteiger partial charge in [0.15, 0.2) is 0 Å². The van der Waals surface area contributed by atoms with E-state index in [-0.39, 0.29) is 11.4 Å². The molecule has 2 N–H and O–H groups in total. The van der Waals surface area contributed by atoms with Gasteiger partial charge in [-0.15, -0.1) is 0 Å². The first-order chi connectivity index (χ1) is 9.43. The second kappa shape index (κ2) is 5.87. The molecule has 0 radical (unpaired) electrons. The van der Waals surface area contributed by atoms with E-state index in [0.29, 0.717) is 26.2 Å². The van der Waals surface area contributed by atoms with Gasteiger partial charge in [0.25, 0.3) is 0 Å². The van der Waals surface area contributed by atoms with Crippen LogP contribution in [0.1, 0.15) is 10.4 Å². The monoisotopic (exact) mass is 330 g/mol. The number of halogens is 3. The fraction of sp³-hybridized carbons (Fsp3) is 0.0769. The smallest absolute Gasteiger partial charge is 0.341 e. The third kappa shape index (κ3) is 2.82. The van der Waals surface area contributed by atoms with Crippen LogP contribution in [0.15, 0.2) is 24.4 Å². The van der Waals surface area contributed by atoms with Crippen molar-refractivity contribution < 1.29 is 9.53 Å². The molecular formula is C13H9Cl3N2O2. The fourth-order valence-electron chi connectivity index (χ4n) is 1.70. The van der Waals surface area contributed by atoms with Gasteiger partial charge in [0.1, 0.15) is 11.4 Å². The van der Waals surface area contributed by atoms with Gasteiger partial charge < -0.3 is 10.5 Å². The topological polar surface area (TPSA) is 65.2 Å². The quantitative estimate of drug-likeness (QED) is 0.842. The van der Waals surface area contributed by atoms with Crippen LogP contribution in [-0.4, -0.2) is 18.1 Å². The van der Waals surface area contributed by atoms with Crippen molar-refractivity contribution in [2.75, 3.05) is 12.8 Å². The number of benzene rings is 1. The van der Waals surface area contributed by atoms with Gasteiger partial charge in [-0.05, 0) is 18.2 Å². The first-order valence-corrected chi connectivity index (χ1v) is 6.56. The molecule has 0 amide bonds. The lowest BCUT2D eigenvalue weighted by atomic mass is 10.1. The van der Waals surface area contributed by atoms with E-state index in [1.807, 2.05) is 0 Å². The molecule has 1 aromatic carbocycles. The normalized spacial score (nSPS) is 10.4. The van der Waals surface area contributed by atoms with E-state index in [2.05, 4.69) is 9.72 Å². The molecule has 0 aliphatic heterocycles. The van der Waals surface area contributed by atoms with Crippen molar-refractivity contribution in [1.82, 2.24) is 4.98 Å². The number of nitrogens with two attached hydrogens (primary N) is 1. The molecule has 0 aliphatic carbocycles. The Balaban J connectivity index is 2.63. The number of esters is 1. The Labute approximate surface area is 130 Å². The van der Waals surface area contributed by atoms with E-state index in [0.717, 1.165) is 0 Å². The fourth-order valence-corrected chi connectivity index (χ4v) is 2.74. The Kier molecular flexibility index (Phi) is 4.38. The molecule has 2 aromatic rings. The minimum absolute atomic E-state index is 0.0711. The average Bonchev–Trinajstić information content (AvgIpc) is 2.38. The van der Waals surface area contributed by atoms with Crippen molar-refractivity contribution in [1.29, 1.82) is 0 Å². The zero-order valence-corrected chi connectivity index (χ0v) is 12.6. The van der Waals surface area contributed by atoms with Crippen LogP contribution in [-0.2, 0) is 4.74 Å². The first-order valence-electron chi connectivity index (χ1n) is 5.42. The van der Waals surface area contributed by atoms with Gasteiger partial charge in [0, 0.05) is 22.3 Å². The lowest BCUT2D eigenvalue weighted by Crippen LogP contribution is -2.07. The van der Waals surface area contributed by atoms with Crippen LogP contribution >= 0.6 is 34.8 Å². The van der Waals surface area contributed by atoms with Crippen molar-refractivity contribution in [3.05, 3.63) is 45.0 Å². The lowest BCUT2D eigenvalue weighted by molar-refractivity contribution is 0.0601. The number of hydrogen-bond acceptors (Lipinski definition) is 4. The van der Waals surface area contributed by atoms with E-state index >= 15 is 0 Å². The molecule has 4 nitrogen and oxygen atoms in total. The second-order valence-corrected chi connectivity index (χ2v) is 5.14. The Bertz CT molecular complexity index is 666. The van der Waals surface area contributed by atoms with Gasteiger partial charge in [-0.1, -0.05) is 34.8 Å². The number of carbonyl (C=O) groups excluding carboxylic acids is 1. The Morgan fingerprint density at radius 3 is 2.35 bits per heavy atom. The SMILES string of the molecule is COC(=O)c1cc(-c2c(Cl)cc(Cl)cc2Cl)cnc1N. The molecule has 0 saturated heterocycles. The molecule has 0 bridgehead atoms. The number of carbonyl (C=O) groups is 1. The number of hydrogen-bond donors (Lipinski definition) is 1. The van der Waals surface area contributed by atoms with Crippen LogP contribution in [0.25, 0.3) is 11.1 Å². The van der Waals surface area contributed by atoms with Crippen molar-refractivity contribution in [2.45, 2.75) is 0 Å². The molecule has 0 atom stereocenters. The Hall–Kier alpha value is -1.49. The Morgan fingerprint density at radius 2 is 1.80 bits per heavy atom. The molecule has 0 aliphatic rings. The molecule has 7 heteroatoms. The summed E-state index contributed by atoms with van der Waals surface area (Å²) in [4.78, 5) is 15.6. The molecule has 20 heavy (non-hydrogen) atoms. The largest absolute Gasteiger partial charge is 0.465 e. The van der Waals surface area contributed by atoms with Crippen molar-refractivity contribution in [2.24, 2.45) is 0 Å². The molecule has 2 rings (SSSR count). The van der Waals surface area contributed by atoms with Gasteiger partial charge in [0.05, 0.1) is 17.2 Å². The van der Waals surface area contributed by atoms with E-state index in [1.165, 1.54) is 19.4 Å². The maximum Gasteiger partial charge on any atom is 0.341 e. The molecule has 0 unspecified atom stereocenters. The second-order valence-electron chi connectivity index (χ2n) is 3.89. The summed E-state index contributed by atoms with van der Waals surface area (Å²) in [6, 6.07) is 4.63. The molecule has 0 spiro atoms. The number of nitrogen functional groups attached to an aromatic ring is 1. The van der Waals surface area contributed by atoms with E-state index in [9.17, 15) is 4.79 Å². The number of pyridine rings is 1. The van der Waals surface area contributed by atoms with Crippen molar-refractivity contribution in [3.63, 3.8) is 0 Å². The first kappa shape index (κ1) is 14.9. The third-order valence-electron chi connectivity index (χ3n) is 2.62. The van der Waals surface area contributed by atoms with Gasteiger partial charge in [-0.3, -0.25) is 0 Å². The van der Waals surface area contributed by atoms with Crippen LogP contribution in [0.3, 0.4) is 0 Å². The van der Waals surface area contributed by atoms with Crippen LogP contribution in [0, 0.1) is 0 Å². The van der Waals surface area contributed by atoms with Gasteiger partial charge in [-0.25, -0.2) is 9.78 Å². The summed E-state index contributed by atoms with van der Waals surface area (Å²) < 4.78 is 4.64. The molecule has 1 aromatic heterocycles. The lowest BCUT2D eigenvalue weighted by Gasteiger charge is -2.10. The predicted molar refractivity (Wildman–Crippen MR) is 80.5 cm³/mol. The predicted octanol–water partition coefficient (Wildman–Crippen LogP) is 4.08. The van der Waals surface area contributed by atoms with Crippen LogP contribution in [0.4, 0.5) is 5.82 Å². The number of anilines is 1. The summed E-state index contributed by atoms with van der Waals surface area (Å²) in [5.41, 5.74) is 6.86. The average molecular weight is 332 g/mol. The summed E-state index contributed by atoms with van der Waals surface area (Å²) in [6.07, 6.45) is 1.47. The van der Waals surface area contributed by atoms with E-state index in [4.69, 9.17) is 40.5 Å². The minimum atomic E-state index is -0.585. The molecule has 0 saturated carbocycles. The molecular weight excluding hydrogens is 323 g/mol. The standard InChI is InChI=1S/C13H9Cl3N2O2/c1-20-13(19)8-2-6(5-18-12(8)17)11-9(15)3-7(14)4-10(11)16/h2-5H,1H3,(H2,17,18). The molecule has 104 valence electrons. The maximum absolute atomic E-state index is 11.6. The maximum atomic E-state index is 11.6. The van der Waals surface area contributed by atoms with Crippen molar-refractivity contribution in [3.8, 4) is 11.1 Å². The molecule has 1 heterocycles. The van der Waals surface area contributed by atoms with Gasteiger partial charge in [0.2, 0.25) is 0 Å². The summed E-state index contributed by atoms with van der Waals surface area (Å²) in [5, 5.41) is 1.12. The van der Waals surface area contributed by atoms with Crippen LogP contribution in [0.5, 0.6) is 0 Å². The minimum Gasteiger partial charge on any atom is -0.465 e. The van der Waals surface area contributed by atoms with Crippen molar-refractivity contribution >= 4 is 46.6 Å². The van der Waals surface area contributed by atoms with E-state index in [1.54, 1.807) is 12.1 Å². The number of rotatable bonds is 2. The summed E-state index contributed by atoms with van der Waals surface area (Å²) in [6.45, 7) is 0. The summed E-state index contributed by atoms with van der Waals surface area (Å²) in [5.74, 6) is -0.514. The zero-order chi connectivity index (χ0) is 14.9. The summed E-state index contributed by atoms with van der Waals surface area (Å²) >= 11 is 18.1. The van der Waals surface area contributed by atoms with E-state index < -0.39 is 5.97 Å². The summed E-state index contributed by atoms with van der Waals surface area (Å²) in [7, 11) is 1.26.